The van der Waals surface area contributed by atoms with Gasteiger partial charge in [-0.3, -0.25) is 0 Å². The standard InChI is InChI=1S/C15H22/c1-4-5-6-7-9-14-10-8-11-15(12-14)13(2)3/h4,8,10-13H,1,5-7,9H2,2-3H3. The van der Waals surface area contributed by atoms with Gasteiger partial charge in [0.15, 0.2) is 0 Å². The predicted octanol–water partition coefficient (Wildman–Crippen LogP) is 4.71. The van der Waals surface area contributed by atoms with Crippen LogP contribution in [0.1, 0.15) is 50.2 Å². The molecule has 0 atom stereocenters. The second-order valence-corrected chi connectivity index (χ2v) is 4.43. The number of hydrogen-bond acceptors (Lipinski definition) is 0. The van der Waals surface area contributed by atoms with E-state index in [0.29, 0.717) is 5.92 Å². The zero-order valence-corrected chi connectivity index (χ0v) is 10.00. The third-order valence-corrected chi connectivity index (χ3v) is 2.74. The Morgan fingerprint density at radius 1 is 1.27 bits per heavy atom. The number of rotatable bonds is 6. The van der Waals surface area contributed by atoms with Gasteiger partial charge < -0.3 is 0 Å². The maximum absolute atomic E-state index is 3.74. The minimum atomic E-state index is 0.637. The van der Waals surface area contributed by atoms with E-state index in [9.17, 15) is 0 Å². The maximum atomic E-state index is 3.74. The molecule has 0 amide bonds. The molecule has 0 aliphatic rings. The highest BCUT2D eigenvalue weighted by Crippen LogP contribution is 2.16. The van der Waals surface area contributed by atoms with E-state index >= 15 is 0 Å². The summed E-state index contributed by atoms with van der Waals surface area (Å²) in [6.07, 6.45) is 6.88. The minimum Gasteiger partial charge on any atom is -0.103 e. The first-order valence-corrected chi connectivity index (χ1v) is 5.93. The van der Waals surface area contributed by atoms with Gasteiger partial charge in [-0.25, -0.2) is 0 Å². The molecule has 1 rings (SSSR count). The van der Waals surface area contributed by atoms with Crippen molar-refractivity contribution in [2.24, 2.45) is 0 Å². The summed E-state index contributed by atoms with van der Waals surface area (Å²) in [5.41, 5.74) is 2.93. The number of hydrogen-bond donors (Lipinski definition) is 0. The Labute approximate surface area is 94.0 Å². The minimum absolute atomic E-state index is 0.637. The fourth-order valence-corrected chi connectivity index (χ4v) is 1.73. The average Bonchev–Trinajstić information content (AvgIpc) is 2.25. The van der Waals surface area contributed by atoms with Gasteiger partial charge in [0.05, 0.1) is 0 Å². The first kappa shape index (κ1) is 12.0. The van der Waals surface area contributed by atoms with Gasteiger partial charge in [-0.2, -0.15) is 0 Å². The van der Waals surface area contributed by atoms with Crippen molar-refractivity contribution in [2.45, 2.75) is 45.4 Å². The van der Waals surface area contributed by atoms with E-state index in [-0.39, 0.29) is 0 Å². The molecule has 0 aliphatic carbocycles. The van der Waals surface area contributed by atoms with Crippen LogP contribution in [0.15, 0.2) is 36.9 Å². The summed E-state index contributed by atoms with van der Waals surface area (Å²) in [4.78, 5) is 0. The van der Waals surface area contributed by atoms with Crippen LogP contribution in [0.3, 0.4) is 0 Å². The molecule has 0 spiro atoms. The molecular weight excluding hydrogens is 180 g/mol. The smallest absolute Gasteiger partial charge is 0.0219 e. The molecule has 1 aromatic carbocycles. The monoisotopic (exact) mass is 202 g/mol. The highest BCUT2D eigenvalue weighted by Gasteiger charge is 1.99. The molecule has 0 aromatic heterocycles. The fraction of sp³-hybridized carbons (Fsp3) is 0.467. The molecule has 82 valence electrons. The van der Waals surface area contributed by atoms with E-state index in [2.05, 4.69) is 44.7 Å². The van der Waals surface area contributed by atoms with Crippen LogP contribution in [0.4, 0.5) is 0 Å². The van der Waals surface area contributed by atoms with Gasteiger partial charge in [-0.05, 0) is 42.7 Å². The van der Waals surface area contributed by atoms with Crippen LogP contribution in [0.2, 0.25) is 0 Å². The van der Waals surface area contributed by atoms with Crippen molar-refractivity contribution in [3.8, 4) is 0 Å². The lowest BCUT2D eigenvalue weighted by atomic mass is 9.98. The SMILES string of the molecule is C=CCCCCc1cccc(C(C)C)c1. The quantitative estimate of drug-likeness (QED) is 0.463. The molecule has 15 heavy (non-hydrogen) atoms. The Bertz CT molecular complexity index is 297. The second kappa shape index (κ2) is 6.44. The van der Waals surface area contributed by atoms with E-state index in [1.54, 1.807) is 0 Å². The van der Waals surface area contributed by atoms with Crippen LogP contribution in [0.25, 0.3) is 0 Å². The molecule has 0 saturated carbocycles. The zero-order valence-electron chi connectivity index (χ0n) is 10.00. The number of unbranched alkanes of at least 4 members (excludes halogenated alkanes) is 2. The zero-order chi connectivity index (χ0) is 11.1. The summed E-state index contributed by atoms with van der Waals surface area (Å²) >= 11 is 0. The highest BCUT2D eigenvalue weighted by molar-refractivity contribution is 5.25. The van der Waals surface area contributed by atoms with Crippen molar-refractivity contribution < 1.29 is 0 Å². The van der Waals surface area contributed by atoms with Gasteiger partial charge in [0, 0.05) is 0 Å². The Balaban J connectivity index is 2.46. The van der Waals surface area contributed by atoms with Gasteiger partial charge in [0.1, 0.15) is 0 Å². The number of allylic oxidation sites excluding steroid dienone is 1. The van der Waals surface area contributed by atoms with Crippen molar-refractivity contribution in [3.05, 3.63) is 48.0 Å². The van der Waals surface area contributed by atoms with Gasteiger partial charge in [0.25, 0.3) is 0 Å². The summed E-state index contributed by atoms with van der Waals surface area (Å²) in [5.74, 6) is 0.637. The summed E-state index contributed by atoms with van der Waals surface area (Å²) in [6, 6.07) is 8.98. The molecule has 0 saturated heterocycles. The van der Waals surface area contributed by atoms with Crippen LogP contribution in [-0.2, 0) is 6.42 Å². The Kier molecular flexibility index (Phi) is 5.17. The molecule has 1 aromatic rings. The third-order valence-electron chi connectivity index (χ3n) is 2.74. The largest absolute Gasteiger partial charge is 0.103 e. The van der Waals surface area contributed by atoms with E-state index in [4.69, 9.17) is 0 Å². The topological polar surface area (TPSA) is 0 Å². The predicted molar refractivity (Wildman–Crippen MR) is 68.3 cm³/mol. The third kappa shape index (κ3) is 4.33. The molecule has 0 radical (unpaired) electrons. The van der Waals surface area contributed by atoms with E-state index in [1.165, 1.54) is 30.4 Å². The fourth-order valence-electron chi connectivity index (χ4n) is 1.73. The summed E-state index contributed by atoms with van der Waals surface area (Å²) < 4.78 is 0. The second-order valence-electron chi connectivity index (χ2n) is 4.43. The molecule has 0 nitrogen and oxygen atoms in total. The van der Waals surface area contributed by atoms with Crippen molar-refractivity contribution in [3.63, 3.8) is 0 Å². The Morgan fingerprint density at radius 2 is 2.07 bits per heavy atom. The van der Waals surface area contributed by atoms with Gasteiger partial charge in [-0.15, -0.1) is 6.58 Å². The van der Waals surface area contributed by atoms with Crippen LogP contribution in [-0.4, -0.2) is 0 Å². The molecule has 0 N–H and O–H groups in total. The number of benzene rings is 1. The first-order chi connectivity index (χ1) is 7.24. The van der Waals surface area contributed by atoms with Crippen molar-refractivity contribution >= 4 is 0 Å². The van der Waals surface area contributed by atoms with Gasteiger partial charge in [-0.1, -0.05) is 44.2 Å². The molecule has 0 heterocycles. The lowest BCUT2D eigenvalue weighted by Gasteiger charge is -2.07. The summed E-state index contributed by atoms with van der Waals surface area (Å²) in [5, 5.41) is 0. The molecule has 0 unspecified atom stereocenters. The average molecular weight is 202 g/mol. The van der Waals surface area contributed by atoms with Crippen molar-refractivity contribution in [1.29, 1.82) is 0 Å². The molecule has 0 aliphatic heterocycles. The van der Waals surface area contributed by atoms with E-state index < -0.39 is 0 Å². The molecule has 0 heteroatoms. The van der Waals surface area contributed by atoms with E-state index in [0.717, 1.165) is 6.42 Å². The van der Waals surface area contributed by atoms with Crippen molar-refractivity contribution in [1.82, 2.24) is 0 Å². The normalized spacial score (nSPS) is 10.6. The van der Waals surface area contributed by atoms with Gasteiger partial charge >= 0.3 is 0 Å². The Hall–Kier alpha value is -1.04. The van der Waals surface area contributed by atoms with Crippen LogP contribution in [0, 0.1) is 0 Å². The maximum Gasteiger partial charge on any atom is -0.0219 e. The number of aryl methyl sites for hydroxylation is 1. The lowest BCUT2D eigenvalue weighted by molar-refractivity contribution is 0.746. The summed E-state index contributed by atoms with van der Waals surface area (Å²) in [6.45, 7) is 8.24. The highest BCUT2D eigenvalue weighted by atomic mass is 14.0. The van der Waals surface area contributed by atoms with Gasteiger partial charge in [0.2, 0.25) is 0 Å². The molecular formula is C15H22. The summed E-state index contributed by atoms with van der Waals surface area (Å²) in [7, 11) is 0. The molecule has 0 bridgehead atoms. The molecule has 0 fully saturated rings. The Morgan fingerprint density at radius 3 is 2.73 bits per heavy atom. The van der Waals surface area contributed by atoms with Crippen molar-refractivity contribution in [2.75, 3.05) is 0 Å². The lowest BCUT2D eigenvalue weighted by Crippen LogP contribution is -1.91. The first-order valence-electron chi connectivity index (χ1n) is 5.93. The van der Waals surface area contributed by atoms with Crippen LogP contribution < -0.4 is 0 Å². The van der Waals surface area contributed by atoms with Crippen LogP contribution in [0.5, 0.6) is 0 Å². The van der Waals surface area contributed by atoms with E-state index in [1.807, 2.05) is 6.08 Å². The van der Waals surface area contributed by atoms with Crippen LogP contribution >= 0.6 is 0 Å².